The van der Waals surface area contributed by atoms with Gasteiger partial charge < -0.3 is 0 Å². The Morgan fingerprint density at radius 2 is 2.27 bits per heavy atom. The van der Waals surface area contributed by atoms with E-state index in [-0.39, 0.29) is 0 Å². The van der Waals surface area contributed by atoms with Crippen molar-refractivity contribution in [3.63, 3.8) is 0 Å². The van der Waals surface area contributed by atoms with Crippen LogP contribution in [0.5, 0.6) is 0 Å². The molecule has 0 saturated heterocycles. The molecular formula is C6H14AsNO2S. The van der Waals surface area contributed by atoms with Gasteiger partial charge in [0, 0.05) is 0 Å². The average Bonchev–Trinajstić information content (AvgIpc) is 1.86. The predicted octanol–water partition coefficient (Wildman–Crippen LogP) is 0.773. The molecule has 0 bridgehead atoms. The third-order valence-corrected chi connectivity index (χ3v) is 6.43. The summed E-state index contributed by atoms with van der Waals surface area (Å²) in [5.41, 5.74) is 9.76. The first-order chi connectivity index (χ1) is 5.04. The molecule has 0 aliphatic rings. The Morgan fingerprint density at radius 3 is 2.64 bits per heavy atom. The molecule has 0 aromatic rings. The summed E-state index contributed by atoms with van der Waals surface area (Å²) in [4.78, 5) is 10.3. The summed E-state index contributed by atoms with van der Waals surface area (Å²) in [6.45, 7) is 0. The second-order valence-electron chi connectivity index (χ2n) is 2.38. The van der Waals surface area contributed by atoms with Gasteiger partial charge in [0.25, 0.3) is 0 Å². The van der Waals surface area contributed by atoms with E-state index in [1.807, 2.05) is 10.0 Å². The van der Waals surface area contributed by atoms with Crippen LogP contribution in [-0.2, 0) is 4.79 Å². The molecule has 0 radical (unpaired) electrons. The third kappa shape index (κ3) is 6.73. The second-order valence-corrected chi connectivity index (χ2v) is 11.9. The van der Waals surface area contributed by atoms with Gasteiger partial charge in [0.1, 0.15) is 0 Å². The molecule has 1 atom stereocenters. The van der Waals surface area contributed by atoms with Crippen LogP contribution in [0.25, 0.3) is 0 Å². The van der Waals surface area contributed by atoms with Crippen LogP contribution < -0.4 is 5.73 Å². The van der Waals surface area contributed by atoms with E-state index >= 15 is 0 Å². The first kappa shape index (κ1) is 11.3. The van der Waals surface area contributed by atoms with Crippen molar-refractivity contribution < 1.29 is 9.90 Å². The molecule has 0 aromatic heterocycles. The number of carboxylic acids is 1. The van der Waals surface area contributed by atoms with Gasteiger partial charge in [0.15, 0.2) is 0 Å². The van der Waals surface area contributed by atoms with Crippen LogP contribution in [0.2, 0.25) is 11.4 Å². The van der Waals surface area contributed by atoms with Crippen LogP contribution in [0.3, 0.4) is 0 Å². The maximum absolute atomic E-state index is 10.3. The number of rotatable bonds is 5. The third-order valence-electron chi connectivity index (χ3n) is 1.10. The fraction of sp³-hybridized carbons (Fsp3) is 0.833. The molecule has 0 spiro atoms. The van der Waals surface area contributed by atoms with E-state index in [1.54, 1.807) is 0 Å². The van der Waals surface area contributed by atoms with Crippen molar-refractivity contribution in [3.8, 4) is 0 Å². The molecule has 0 rings (SSSR count). The van der Waals surface area contributed by atoms with Crippen LogP contribution in [0, 0.1) is 0 Å². The average molecular weight is 239 g/mol. The predicted molar refractivity (Wildman–Crippen MR) is 50.2 cm³/mol. The molecule has 0 saturated carbocycles. The molecule has 11 heavy (non-hydrogen) atoms. The first-order valence-corrected chi connectivity index (χ1v) is 10.3. The minimum atomic E-state index is -0.892. The fourth-order valence-corrected chi connectivity index (χ4v) is 4.17. The van der Waals surface area contributed by atoms with Crippen LogP contribution >= 0.6 is 10.0 Å². The maximum atomic E-state index is 10.3. The Kier molecular flexibility index (Phi) is 6.10. The van der Waals surface area contributed by atoms with Gasteiger partial charge in [-0.05, 0) is 0 Å². The zero-order valence-electron chi connectivity index (χ0n) is 6.78. The van der Waals surface area contributed by atoms with Crippen molar-refractivity contribution in [2.75, 3.05) is 5.75 Å². The molecule has 0 heterocycles. The van der Waals surface area contributed by atoms with E-state index in [9.17, 15) is 4.79 Å². The molecule has 0 aliphatic carbocycles. The number of hydrogen-bond acceptors (Lipinski definition) is 3. The van der Waals surface area contributed by atoms with Gasteiger partial charge >= 0.3 is 74.8 Å². The summed E-state index contributed by atoms with van der Waals surface area (Å²) in [7, 11) is 1.88. The SMILES string of the molecule is C[As](C)SCC[C@H](N)C(=O)O. The number of hydrogen-bond donors (Lipinski definition) is 2. The van der Waals surface area contributed by atoms with Crippen molar-refractivity contribution in [1.82, 2.24) is 0 Å². The van der Waals surface area contributed by atoms with Crippen LogP contribution in [0.1, 0.15) is 6.42 Å². The van der Waals surface area contributed by atoms with Crippen molar-refractivity contribution in [2.24, 2.45) is 5.73 Å². The Bertz CT molecular complexity index is 132. The van der Waals surface area contributed by atoms with E-state index in [0.29, 0.717) is 6.42 Å². The van der Waals surface area contributed by atoms with Gasteiger partial charge in [-0.15, -0.1) is 0 Å². The molecular weight excluding hydrogens is 225 g/mol. The molecule has 0 fully saturated rings. The van der Waals surface area contributed by atoms with Crippen molar-refractivity contribution in [2.45, 2.75) is 23.9 Å². The van der Waals surface area contributed by atoms with Crippen LogP contribution in [0.4, 0.5) is 0 Å². The first-order valence-electron chi connectivity index (χ1n) is 3.32. The normalized spacial score (nSPS) is 13.5. The quantitative estimate of drug-likeness (QED) is 0.696. The van der Waals surface area contributed by atoms with E-state index in [0.717, 1.165) is 5.75 Å². The molecule has 0 amide bonds. The molecule has 3 nitrogen and oxygen atoms in total. The van der Waals surface area contributed by atoms with Crippen LogP contribution in [0.15, 0.2) is 0 Å². The Labute approximate surface area is 75.0 Å². The number of nitrogens with two attached hydrogens (primary N) is 1. The Balaban J connectivity index is 3.31. The summed E-state index contributed by atoms with van der Waals surface area (Å²) in [6.07, 6.45) is 0.590. The topological polar surface area (TPSA) is 63.3 Å². The standard InChI is InChI=1S/C6H14AsNO2S/c1-7(2)11-4-3-5(8)6(9)10/h5H,3-4,8H2,1-2H3,(H,9,10)/t5-/m0/s1. The Hall–Kier alpha value is 0.338. The zero-order chi connectivity index (χ0) is 8.85. The molecule has 0 aliphatic heterocycles. The van der Waals surface area contributed by atoms with Crippen molar-refractivity contribution >= 4 is 29.5 Å². The van der Waals surface area contributed by atoms with Crippen molar-refractivity contribution in [1.29, 1.82) is 0 Å². The molecule has 3 N–H and O–H groups in total. The van der Waals surface area contributed by atoms with Gasteiger partial charge in [-0.2, -0.15) is 0 Å². The van der Waals surface area contributed by atoms with Crippen LogP contribution in [-0.4, -0.2) is 36.4 Å². The number of carbonyl (C=O) groups is 1. The summed E-state index contributed by atoms with van der Waals surface area (Å²) < 4.78 is 0. The van der Waals surface area contributed by atoms with E-state index in [1.165, 1.54) is 0 Å². The summed E-state index contributed by atoms with van der Waals surface area (Å²) in [6, 6.07) is -0.670. The molecule has 5 heteroatoms. The summed E-state index contributed by atoms with van der Waals surface area (Å²) in [5, 5.41) is 8.42. The fourth-order valence-electron chi connectivity index (χ4n) is 0.486. The van der Waals surface area contributed by atoms with Gasteiger partial charge in [-0.25, -0.2) is 0 Å². The number of aliphatic carboxylic acids is 1. The zero-order valence-corrected chi connectivity index (χ0v) is 9.47. The van der Waals surface area contributed by atoms with E-state index < -0.39 is 25.5 Å². The molecule has 0 aromatic carbocycles. The van der Waals surface area contributed by atoms with E-state index in [4.69, 9.17) is 10.8 Å². The minimum absolute atomic E-state index is 0.590. The van der Waals surface area contributed by atoms with E-state index in [2.05, 4.69) is 11.4 Å². The second kappa shape index (κ2) is 5.92. The van der Waals surface area contributed by atoms with Gasteiger partial charge in [0.2, 0.25) is 0 Å². The Morgan fingerprint density at radius 1 is 1.73 bits per heavy atom. The van der Waals surface area contributed by atoms with Crippen molar-refractivity contribution in [3.05, 3.63) is 0 Å². The monoisotopic (exact) mass is 239 g/mol. The summed E-state index contributed by atoms with van der Waals surface area (Å²) >= 11 is -0.650. The van der Waals surface area contributed by atoms with Gasteiger partial charge in [-0.1, -0.05) is 0 Å². The number of carboxylic acid groups (broad SMARTS) is 1. The summed E-state index contributed by atoms with van der Waals surface area (Å²) in [5.74, 6) is -0.00245. The van der Waals surface area contributed by atoms with Gasteiger partial charge in [-0.3, -0.25) is 0 Å². The van der Waals surface area contributed by atoms with Gasteiger partial charge in [0.05, 0.1) is 0 Å². The molecule has 0 unspecified atom stereocenters. The molecule has 66 valence electrons.